The number of hydrogen-bond acceptors (Lipinski definition) is 1. The first-order valence-electron chi connectivity index (χ1n) is 5.33. The third-order valence-corrected chi connectivity index (χ3v) is 3.05. The third-order valence-electron chi connectivity index (χ3n) is 2.47. The molecule has 18 heavy (non-hydrogen) atoms. The zero-order valence-corrected chi connectivity index (χ0v) is 10.9. The highest BCUT2D eigenvalue weighted by Gasteiger charge is 2.05. The Morgan fingerprint density at radius 2 is 1.67 bits per heavy atom. The molecule has 0 heterocycles. The van der Waals surface area contributed by atoms with Crippen molar-refractivity contribution in [2.75, 3.05) is 0 Å². The summed E-state index contributed by atoms with van der Waals surface area (Å²) in [6, 6.07) is 16.7. The van der Waals surface area contributed by atoms with E-state index in [9.17, 15) is 5.26 Å². The van der Waals surface area contributed by atoms with Crippen LogP contribution in [0.25, 0.3) is 11.6 Å². The van der Waals surface area contributed by atoms with E-state index in [1.807, 2.05) is 30.3 Å². The molecular formula is C15H9Cl2N. The summed E-state index contributed by atoms with van der Waals surface area (Å²) in [6.07, 6.45) is 1.79. The van der Waals surface area contributed by atoms with Crippen LogP contribution in [-0.2, 0) is 0 Å². The van der Waals surface area contributed by atoms with Gasteiger partial charge in [0.15, 0.2) is 0 Å². The van der Waals surface area contributed by atoms with E-state index in [1.54, 1.807) is 24.3 Å². The van der Waals surface area contributed by atoms with Gasteiger partial charge in [0.05, 0.1) is 11.6 Å². The van der Waals surface area contributed by atoms with Crippen molar-refractivity contribution in [2.24, 2.45) is 0 Å². The van der Waals surface area contributed by atoms with Crippen LogP contribution in [0.4, 0.5) is 0 Å². The first-order chi connectivity index (χ1) is 8.70. The summed E-state index contributed by atoms with van der Waals surface area (Å²) in [5, 5.41) is 10.5. The minimum Gasteiger partial charge on any atom is -0.192 e. The summed E-state index contributed by atoms with van der Waals surface area (Å²) < 4.78 is 0. The molecule has 3 heteroatoms. The Kier molecular flexibility index (Phi) is 4.04. The summed E-state index contributed by atoms with van der Waals surface area (Å²) in [7, 11) is 0. The second kappa shape index (κ2) is 5.73. The fourth-order valence-corrected chi connectivity index (χ4v) is 1.94. The second-order valence-corrected chi connectivity index (χ2v) is 4.54. The zero-order chi connectivity index (χ0) is 13.0. The Morgan fingerprint density at radius 1 is 1.00 bits per heavy atom. The molecule has 0 aliphatic rings. The van der Waals surface area contributed by atoms with E-state index in [1.165, 1.54) is 0 Å². The van der Waals surface area contributed by atoms with Gasteiger partial charge in [0.25, 0.3) is 0 Å². The van der Waals surface area contributed by atoms with Crippen molar-refractivity contribution >= 4 is 34.9 Å². The Balaban J connectivity index is 2.44. The summed E-state index contributed by atoms with van der Waals surface area (Å²) >= 11 is 11.9. The van der Waals surface area contributed by atoms with Crippen LogP contribution >= 0.6 is 23.2 Å². The molecule has 2 aromatic rings. The van der Waals surface area contributed by atoms with Crippen molar-refractivity contribution in [3.05, 3.63) is 69.7 Å². The fraction of sp³-hybridized carbons (Fsp3) is 0. The molecule has 0 spiro atoms. The molecule has 2 rings (SSSR count). The fourth-order valence-electron chi connectivity index (χ4n) is 1.58. The molecule has 0 aliphatic heterocycles. The first kappa shape index (κ1) is 12.7. The number of halogens is 2. The van der Waals surface area contributed by atoms with Crippen LogP contribution in [0.5, 0.6) is 0 Å². The van der Waals surface area contributed by atoms with E-state index in [2.05, 4.69) is 6.07 Å². The molecule has 1 nitrogen and oxygen atoms in total. The van der Waals surface area contributed by atoms with Gasteiger partial charge >= 0.3 is 0 Å². The van der Waals surface area contributed by atoms with Crippen molar-refractivity contribution in [3.63, 3.8) is 0 Å². The van der Waals surface area contributed by atoms with Gasteiger partial charge in [0, 0.05) is 15.6 Å². The molecule has 0 atom stereocenters. The van der Waals surface area contributed by atoms with Crippen molar-refractivity contribution in [1.29, 1.82) is 5.26 Å². The molecule has 0 saturated heterocycles. The largest absolute Gasteiger partial charge is 0.192 e. The topological polar surface area (TPSA) is 23.8 Å². The number of allylic oxidation sites excluding steroid dienone is 1. The predicted octanol–water partition coefficient (Wildman–Crippen LogP) is 5.06. The summed E-state index contributed by atoms with van der Waals surface area (Å²) in [5.41, 5.74) is 2.18. The molecule has 0 bridgehead atoms. The maximum absolute atomic E-state index is 9.22. The number of hydrogen-bond donors (Lipinski definition) is 0. The van der Waals surface area contributed by atoms with E-state index >= 15 is 0 Å². The van der Waals surface area contributed by atoms with Crippen molar-refractivity contribution in [3.8, 4) is 6.07 Å². The minimum absolute atomic E-state index is 0.530. The van der Waals surface area contributed by atoms with Gasteiger partial charge in [0.2, 0.25) is 0 Å². The summed E-state index contributed by atoms with van der Waals surface area (Å²) in [4.78, 5) is 0. The lowest BCUT2D eigenvalue weighted by Gasteiger charge is -2.02. The van der Waals surface area contributed by atoms with Gasteiger partial charge in [-0.1, -0.05) is 53.5 Å². The minimum atomic E-state index is 0.530. The standard InChI is InChI=1S/C15H9Cl2N/c16-13-7-5-11(6-8-13)9-12(10-18)14-3-1-2-4-15(14)17/h1-9H/b12-9+. The van der Waals surface area contributed by atoms with Gasteiger partial charge < -0.3 is 0 Å². The molecule has 2 aromatic carbocycles. The zero-order valence-electron chi connectivity index (χ0n) is 9.40. The molecule has 0 amide bonds. The molecular weight excluding hydrogens is 265 g/mol. The monoisotopic (exact) mass is 273 g/mol. The predicted molar refractivity (Wildman–Crippen MR) is 76.4 cm³/mol. The van der Waals surface area contributed by atoms with Gasteiger partial charge in [-0.15, -0.1) is 0 Å². The third kappa shape index (κ3) is 2.92. The van der Waals surface area contributed by atoms with Crippen LogP contribution in [-0.4, -0.2) is 0 Å². The maximum Gasteiger partial charge on any atom is 0.0998 e. The number of benzene rings is 2. The van der Waals surface area contributed by atoms with Crippen molar-refractivity contribution < 1.29 is 0 Å². The average Bonchev–Trinajstić information content (AvgIpc) is 2.39. The SMILES string of the molecule is N#C/C(=C\c1ccc(Cl)cc1)c1ccccc1Cl. The van der Waals surface area contributed by atoms with E-state index in [0.29, 0.717) is 15.6 Å². The van der Waals surface area contributed by atoms with Gasteiger partial charge in [-0.2, -0.15) is 5.26 Å². The van der Waals surface area contributed by atoms with Gasteiger partial charge in [-0.3, -0.25) is 0 Å². The number of nitrogens with zero attached hydrogens (tertiary/aromatic N) is 1. The maximum atomic E-state index is 9.22. The molecule has 0 fully saturated rings. The highest BCUT2D eigenvalue weighted by atomic mass is 35.5. The second-order valence-electron chi connectivity index (χ2n) is 3.70. The Hall–Kier alpha value is -1.75. The Bertz CT molecular complexity index is 622. The summed E-state index contributed by atoms with van der Waals surface area (Å²) in [6.45, 7) is 0. The molecule has 0 radical (unpaired) electrons. The lowest BCUT2D eigenvalue weighted by Crippen LogP contribution is -1.83. The van der Waals surface area contributed by atoms with Crippen LogP contribution in [0, 0.1) is 11.3 Å². The Morgan fingerprint density at radius 3 is 2.28 bits per heavy atom. The smallest absolute Gasteiger partial charge is 0.0998 e. The molecule has 0 aromatic heterocycles. The molecule has 0 unspecified atom stereocenters. The van der Waals surface area contributed by atoms with Crippen LogP contribution in [0.3, 0.4) is 0 Å². The van der Waals surface area contributed by atoms with Crippen molar-refractivity contribution in [2.45, 2.75) is 0 Å². The highest BCUT2D eigenvalue weighted by molar-refractivity contribution is 6.32. The van der Waals surface area contributed by atoms with E-state index in [0.717, 1.165) is 11.1 Å². The first-order valence-corrected chi connectivity index (χ1v) is 6.08. The van der Waals surface area contributed by atoms with Gasteiger partial charge in [0.1, 0.15) is 0 Å². The normalized spacial score (nSPS) is 11.1. The number of nitriles is 1. The molecule has 0 aliphatic carbocycles. The van der Waals surface area contributed by atoms with Gasteiger partial charge in [-0.25, -0.2) is 0 Å². The average molecular weight is 274 g/mol. The van der Waals surface area contributed by atoms with Crippen molar-refractivity contribution in [1.82, 2.24) is 0 Å². The van der Waals surface area contributed by atoms with E-state index in [4.69, 9.17) is 23.2 Å². The van der Waals surface area contributed by atoms with Gasteiger partial charge in [-0.05, 0) is 29.8 Å². The van der Waals surface area contributed by atoms with Crippen LogP contribution in [0.15, 0.2) is 48.5 Å². The highest BCUT2D eigenvalue weighted by Crippen LogP contribution is 2.25. The van der Waals surface area contributed by atoms with Crippen LogP contribution in [0.1, 0.15) is 11.1 Å². The molecule has 0 saturated carbocycles. The summed E-state index contributed by atoms with van der Waals surface area (Å²) in [5.74, 6) is 0. The lowest BCUT2D eigenvalue weighted by atomic mass is 10.0. The quantitative estimate of drug-likeness (QED) is 0.554. The van der Waals surface area contributed by atoms with E-state index < -0.39 is 0 Å². The molecule has 0 N–H and O–H groups in total. The van der Waals surface area contributed by atoms with Crippen LogP contribution in [0.2, 0.25) is 10.0 Å². The lowest BCUT2D eigenvalue weighted by molar-refractivity contribution is 1.52. The van der Waals surface area contributed by atoms with Crippen LogP contribution < -0.4 is 0 Å². The number of rotatable bonds is 2. The molecule has 88 valence electrons. The van der Waals surface area contributed by atoms with E-state index in [-0.39, 0.29) is 0 Å². The Labute approximate surface area is 116 Å².